The SMILES string of the molecule is CC(C)(COCC(=O)N1CCc2c(n(Cc3ccc(F)cc3)c3ncccc23)C1)C(=O)O. The Morgan fingerprint density at radius 2 is 1.97 bits per heavy atom. The van der Waals surface area contributed by atoms with E-state index in [0.717, 1.165) is 22.3 Å². The molecule has 1 N–H and O–H groups in total. The minimum absolute atomic E-state index is 0.0398. The van der Waals surface area contributed by atoms with Gasteiger partial charge in [-0.15, -0.1) is 0 Å². The van der Waals surface area contributed by atoms with E-state index in [1.165, 1.54) is 17.7 Å². The molecule has 0 fully saturated rings. The van der Waals surface area contributed by atoms with Gasteiger partial charge in [0.05, 0.1) is 18.6 Å². The van der Waals surface area contributed by atoms with E-state index in [2.05, 4.69) is 9.55 Å². The van der Waals surface area contributed by atoms with Crippen molar-refractivity contribution in [3.05, 3.63) is 65.2 Å². The standard InChI is InChI=1S/C24H26FN3O4/c1-24(2,23(30)31)15-32-14-21(29)27-11-9-18-19-4-3-10-26-22(19)28(20(18)13-27)12-16-5-7-17(25)8-6-16/h3-8,10H,9,11-15H2,1-2H3,(H,30,31). The van der Waals surface area contributed by atoms with Crippen LogP contribution in [0.3, 0.4) is 0 Å². The van der Waals surface area contributed by atoms with Gasteiger partial charge in [0.2, 0.25) is 5.91 Å². The summed E-state index contributed by atoms with van der Waals surface area (Å²) in [5, 5.41) is 10.3. The van der Waals surface area contributed by atoms with Crippen molar-refractivity contribution in [2.24, 2.45) is 5.41 Å². The number of hydrogen-bond acceptors (Lipinski definition) is 4. The highest BCUT2D eigenvalue weighted by Gasteiger charge is 2.30. The van der Waals surface area contributed by atoms with Crippen molar-refractivity contribution in [1.82, 2.24) is 14.5 Å². The van der Waals surface area contributed by atoms with Gasteiger partial charge in [-0.25, -0.2) is 9.37 Å². The number of carbonyl (C=O) groups excluding carboxylic acids is 1. The molecule has 1 aromatic carbocycles. The lowest BCUT2D eigenvalue weighted by Crippen LogP contribution is -2.40. The number of carbonyl (C=O) groups is 2. The van der Waals surface area contributed by atoms with Crippen LogP contribution in [0.15, 0.2) is 42.6 Å². The molecule has 168 valence electrons. The van der Waals surface area contributed by atoms with E-state index in [4.69, 9.17) is 4.74 Å². The lowest BCUT2D eigenvalue weighted by molar-refractivity contribution is -0.153. The third kappa shape index (κ3) is 4.36. The summed E-state index contributed by atoms with van der Waals surface area (Å²) in [5.41, 5.74) is 2.92. The first kappa shape index (κ1) is 22.0. The van der Waals surface area contributed by atoms with Gasteiger partial charge in [0.25, 0.3) is 0 Å². The molecule has 1 amide bonds. The number of amides is 1. The zero-order valence-corrected chi connectivity index (χ0v) is 18.2. The first-order valence-electron chi connectivity index (χ1n) is 10.5. The largest absolute Gasteiger partial charge is 0.481 e. The highest BCUT2D eigenvalue weighted by molar-refractivity contribution is 5.84. The number of rotatable bonds is 7. The van der Waals surface area contributed by atoms with E-state index in [1.54, 1.807) is 37.1 Å². The Balaban J connectivity index is 1.55. The quantitative estimate of drug-likeness (QED) is 0.611. The molecule has 1 aliphatic rings. The van der Waals surface area contributed by atoms with Gasteiger partial charge in [-0.05, 0) is 55.7 Å². The average Bonchev–Trinajstić information content (AvgIpc) is 3.08. The summed E-state index contributed by atoms with van der Waals surface area (Å²) in [7, 11) is 0. The Labute approximate surface area is 185 Å². The third-order valence-corrected chi connectivity index (χ3v) is 5.89. The van der Waals surface area contributed by atoms with Crippen LogP contribution in [0.1, 0.15) is 30.7 Å². The van der Waals surface area contributed by atoms with Gasteiger partial charge in [-0.2, -0.15) is 0 Å². The number of carboxylic acid groups (broad SMARTS) is 1. The molecule has 4 rings (SSSR count). The molecule has 0 atom stereocenters. The van der Waals surface area contributed by atoms with Crippen LogP contribution in [0, 0.1) is 11.2 Å². The predicted molar refractivity (Wildman–Crippen MR) is 117 cm³/mol. The van der Waals surface area contributed by atoms with Gasteiger partial charge in [0, 0.05) is 30.4 Å². The Hall–Kier alpha value is -3.26. The molecule has 0 saturated carbocycles. The van der Waals surface area contributed by atoms with Crippen molar-refractivity contribution in [3.63, 3.8) is 0 Å². The van der Waals surface area contributed by atoms with Gasteiger partial charge < -0.3 is 19.3 Å². The molecule has 3 aromatic rings. The van der Waals surface area contributed by atoms with Crippen LogP contribution in [0.25, 0.3) is 11.0 Å². The fourth-order valence-electron chi connectivity index (χ4n) is 3.96. The van der Waals surface area contributed by atoms with Crippen molar-refractivity contribution in [1.29, 1.82) is 0 Å². The zero-order valence-electron chi connectivity index (χ0n) is 18.2. The lowest BCUT2D eigenvalue weighted by Gasteiger charge is -2.29. The molecule has 0 spiro atoms. The molecule has 2 aromatic heterocycles. The summed E-state index contributed by atoms with van der Waals surface area (Å²) < 4.78 is 20.9. The van der Waals surface area contributed by atoms with E-state index < -0.39 is 11.4 Å². The summed E-state index contributed by atoms with van der Waals surface area (Å²) in [4.78, 5) is 30.3. The number of carboxylic acids is 1. The fraction of sp³-hybridized carbons (Fsp3) is 0.375. The van der Waals surface area contributed by atoms with Crippen LogP contribution >= 0.6 is 0 Å². The molecular weight excluding hydrogens is 413 g/mol. The first-order valence-corrected chi connectivity index (χ1v) is 10.5. The summed E-state index contributed by atoms with van der Waals surface area (Å²) in [6.07, 6.45) is 2.44. The second kappa shape index (κ2) is 8.70. The molecule has 0 bridgehead atoms. The van der Waals surface area contributed by atoms with Gasteiger partial charge in [0.15, 0.2) is 0 Å². The van der Waals surface area contributed by atoms with Crippen LogP contribution in [0.4, 0.5) is 4.39 Å². The summed E-state index contributed by atoms with van der Waals surface area (Å²) >= 11 is 0. The highest BCUT2D eigenvalue weighted by Crippen LogP contribution is 2.30. The second-order valence-electron chi connectivity index (χ2n) is 8.76. The number of pyridine rings is 1. The lowest BCUT2D eigenvalue weighted by atomic mass is 9.95. The Bertz CT molecular complexity index is 1150. The van der Waals surface area contributed by atoms with Crippen molar-refractivity contribution in [3.8, 4) is 0 Å². The first-order chi connectivity index (χ1) is 15.3. The molecule has 1 aliphatic heterocycles. The smallest absolute Gasteiger partial charge is 0.311 e. The van der Waals surface area contributed by atoms with Crippen molar-refractivity contribution < 1.29 is 23.8 Å². The number of ether oxygens (including phenoxy) is 1. The summed E-state index contributed by atoms with van der Waals surface area (Å²) in [6, 6.07) is 10.3. The minimum atomic E-state index is -1.05. The number of halogens is 1. The van der Waals surface area contributed by atoms with Gasteiger partial charge in [-0.1, -0.05) is 12.1 Å². The van der Waals surface area contributed by atoms with E-state index >= 15 is 0 Å². The third-order valence-electron chi connectivity index (χ3n) is 5.89. The van der Waals surface area contributed by atoms with Crippen molar-refractivity contribution in [2.75, 3.05) is 19.8 Å². The fourth-order valence-corrected chi connectivity index (χ4v) is 3.96. The molecule has 0 unspecified atom stereocenters. The molecule has 7 nitrogen and oxygen atoms in total. The van der Waals surface area contributed by atoms with E-state index in [-0.39, 0.29) is 24.9 Å². The van der Waals surface area contributed by atoms with Crippen molar-refractivity contribution >= 4 is 22.9 Å². The van der Waals surface area contributed by atoms with Gasteiger partial charge >= 0.3 is 5.97 Å². The number of aromatic nitrogens is 2. The van der Waals surface area contributed by atoms with Crippen LogP contribution < -0.4 is 0 Å². The highest BCUT2D eigenvalue weighted by atomic mass is 19.1. The molecule has 3 heterocycles. The number of fused-ring (bicyclic) bond motifs is 3. The topological polar surface area (TPSA) is 84.7 Å². The number of nitrogens with zero attached hydrogens (tertiary/aromatic N) is 3. The number of hydrogen-bond donors (Lipinski definition) is 1. The maximum absolute atomic E-state index is 13.3. The molecule has 0 radical (unpaired) electrons. The van der Waals surface area contributed by atoms with Crippen LogP contribution in [-0.2, 0) is 33.8 Å². The van der Waals surface area contributed by atoms with E-state index in [9.17, 15) is 19.1 Å². The van der Waals surface area contributed by atoms with Gasteiger partial charge in [0.1, 0.15) is 18.1 Å². The second-order valence-corrected chi connectivity index (χ2v) is 8.76. The van der Waals surface area contributed by atoms with Crippen LogP contribution in [-0.4, -0.2) is 51.2 Å². The van der Waals surface area contributed by atoms with Crippen LogP contribution in [0.2, 0.25) is 0 Å². The van der Waals surface area contributed by atoms with Gasteiger partial charge in [-0.3, -0.25) is 9.59 Å². The van der Waals surface area contributed by atoms with Crippen LogP contribution in [0.5, 0.6) is 0 Å². The summed E-state index contributed by atoms with van der Waals surface area (Å²) in [5.74, 6) is -1.43. The molecule has 0 aliphatic carbocycles. The summed E-state index contributed by atoms with van der Waals surface area (Å²) in [6.45, 7) is 4.42. The zero-order chi connectivity index (χ0) is 22.9. The Morgan fingerprint density at radius 3 is 2.69 bits per heavy atom. The molecule has 0 saturated heterocycles. The van der Waals surface area contributed by atoms with Crippen molar-refractivity contribution in [2.45, 2.75) is 33.4 Å². The normalized spacial score (nSPS) is 13.9. The predicted octanol–water partition coefficient (Wildman–Crippen LogP) is 3.24. The van der Waals surface area contributed by atoms with E-state index in [1.807, 2.05) is 12.1 Å². The number of benzene rings is 1. The molecule has 8 heteroatoms. The Morgan fingerprint density at radius 1 is 1.22 bits per heavy atom. The number of aliphatic carboxylic acids is 1. The monoisotopic (exact) mass is 439 g/mol. The maximum atomic E-state index is 13.3. The average molecular weight is 439 g/mol. The molecule has 32 heavy (non-hydrogen) atoms. The molecular formula is C24H26FN3O4. The maximum Gasteiger partial charge on any atom is 0.311 e. The van der Waals surface area contributed by atoms with E-state index in [0.29, 0.717) is 26.1 Å². The minimum Gasteiger partial charge on any atom is -0.481 e. The Kier molecular flexibility index (Phi) is 5.97.